The second kappa shape index (κ2) is 10.3. The molecule has 168 valence electrons. The summed E-state index contributed by atoms with van der Waals surface area (Å²) in [6.45, 7) is 5.34. The normalized spacial score (nSPS) is 13.1. The summed E-state index contributed by atoms with van der Waals surface area (Å²) in [6, 6.07) is 11.9. The number of para-hydroxylation sites is 1. The van der Waals surface area contributed by atoms with Gasteiger partial charge in [-0.3, -0.25) is 13.9 Å². The number of hydrogen-bond donors (Lipinski definition) is 2. The van der Waals surface area contributed by atoms with Crippen LogP contribution in [0.4, 0.5) is 11.4 Å². The van der Waals surface area contributed by atoms with Crippen LogP contribution in [0.2, 0.25) is 0 Å². The van der Waals surface area contributed by atoms with E-state index in [1.807, 2.05) is 13.8 Å². The van der Waals surface area contributed by atoms with Gasteiger partial charge in [-0.25, -0.2) is 8.42 Å². The monoisotopic (exact) mass is 447 g/mol. The Hall–Kier alpha value is -3.07. The topological polar surface area (TPSA) is 105 Å². The first-order chi connectivity index (χ1) is 14.6. The van der Waals surface area contributed by atoms with Crippen LogP contribution in [-0.2, 0) is 14.8 Å². The second-order valence-electron chi connectivity index (χ2n) is 7.25. The molecule has 0 saturated heterocycles. The van der Waals surface area contributed by atoms with E-state index in [1.54, 1.807) is 48.5 Å². The standard InChI is InChI=1S/C22H29N3O5S/c1-6-15(2)23-22(27)19-9-7-8-10-20(19)24-21(26)16(3)25(31(5,28)29)17-11-13-18(30-4)14-12-17/h7-16H,6H2,1-5H3,(H,23,27)(H,24,26). The molecule has 0 radical (unpaired) electrons. The molecule has 0 aliphatic heterocycles. The largest absolute Gasteiger partial charge is 0.497 e. The maximum absolute atomic E-state index is 13.0. The lowest BCUT2D eigenvalue weighted by Crippen LogP contribution is -2.45. The van der Waals surface area contributed by atoms with E-state index in [9.17, 15) is 18.0 Å². The molecule has 2 atom stereocenters. The minimum absolute atomic E-state index is 0.0222. The molecule has 2 unspecified atom stereocenters. The lowest BCUT2D eigenvalue weighted by molar-refractivity contribution is -0.116. The molecule has 8 nitrogen and oxygen atoms in total. The molecule has 2 aromatic rings. The Kier molecular flexibility index (Phi) is 8.04. The van der Waals surface area contributed by atoms with Crippen molar-refractivity contribution in [3.63, 3.8) is 0 Å². The molecule has 31 heavy (non-hydrogen) atoms. The highest BCUT2D eigenvalue weighted by Gasteiger charge is 2.30. The van der Waals surface area contributed by atoms with E-state index in [1.165, 1.54) is 14.0 Å². The molecule has 0 aliphatic carbocycles. The summed E-state index contributed by atoms with van der Waals surface area (Å²) in [6.07, 6.45) is 1.80. The van der Waals surface area contributed by atoms with E-state index >= 15 is 0 Å². The van der Waals surface area contributed by atoms with Crippen molar-refractivity contribution in [3.8, 4) is 5.75 Å². The second-order valence-corrected chi connectivity index (χ2v) is 9.11. The average Bonchev–Trinajstić information content (AvgIpc) is 2.73. The van der Waals surface area contributed by atoms with Crippen molar-refractivity contribution in [2.45, 2.75) is 39.3 Å². The fourth-order valence-electron chi connectivity index (χ4n) is 2.97. The van der Waals surface area contributed by atoms with Gasteiger partial charge in [0.2, 0.25) is 15.9 Å². The number of carbonyl (C=O) groups excluding carboxylic acids is 2. The van der Waals surface area contributed by atoms with Crippen molar-refractivity contribution >= 4 is 33.2 Å². The van der Waals surface area contributed by atoms with Crippen molar-refractivity contribution in [2.24, 2.45) is 0 Å². The third kappa shape index (κ3) is 6.21. The van der Waals surface area contributed by atoms with Crippen LogP contribution < -0.4 is 19.7 Å². The van der Waals surface area contributed by atoms with E-state index in [2.05, 4.69) is 10.6 Å². The van der Waals surface area contributed by atoms with E-state index in [-0.39, 0.29) is 11.9 Å². The minimum Gasteiger partial charge on any atom is -0.497 e. The van der Waals surface area contributed by atoms with Crippen molar-refractivity contribution in [1.29, 1.82) is 0 Å². The average molecular weight is 448 g/mol. The number of amides is 2. The van der Waals surface area contributed by atoms with Gasteiger partial charge in [0.1, 0.15) is 11.8 Å². The van der Waals surface area contributed by atoms with Crippen LogP contribution in [0.25, 0.3) is 0 Å². The van der Waals surface area contributed by atoms with Crippen LogP contribution in [0.3, 0.4) is 0 Å². The van der Waals surface area contributed by atoms with Gasteiger partial charge in [-0.2, -0.15) is 0 Å². The molecule has 0 saturated carbocycles. The molecule has 2 rings (SSSR count). The third-order valence-corrected chi connectivity index (χ3v) is 6.08. The Balaban J connectivity index is 2.30. The highest BCUT2D eigenvalue weighted by molar-refractivity contribution is 7.92. The van der Waals surface area contributed by atoms with Crippen LogP contribution in [0.15, 0.2) is 48.5 Å². The first-order valence-corrected chi connectivity index (χ1v) is 11.8. The van der Waals surface area contributed by atoms with E-state index in [4.69, 9.17) is 4.74 Å². The van der Waals surface area contributed by atoms with Crippen molar-refractivity contribution in [3.05, 3.63) is 54.1 Å². The van der Waals surface area contributed by atoms with Gasteiger partial charge in [-0.1, -0.05) is 19.1 Å². The molecule has 2 aromatic carbocycles. The highest BCUT2D eigenvalue weighted by atomic mass is 32.2. The molecule has 0 aliphatic rings. The predicted molar refractivity (Wildman–Crippen MR) is 122 cm³/mol. The summed E-state index contributed by atoms with van der Waals surface area (Å²) in [5, 5.41) is 5.56. The molecule has 0 fully saturated rings. The van der Waals surface area contributed by atoms with Gasteiger partial charge in [0.15, 0.2) is 0 Å². The number of ether oxygens (including phenoxy) is 1. The zero-order valence-corrected chi connectivity index (χ0v) is 19.2. The number of hydrogen-bond acceptors (Lipinski definition) is 5. The molecular formula is C22H29N3O5S. The summed E-state index contributed by atoms with van der Waals surface area (Å²) in [7, 11) is -2.26. The smallest absolute Gasteiger partial charge is 0.253 e. The molecule has 0 spiro atoms. The number of nitrogens with one attached hydrogen (secondary N) is 2. The van der Waals surface area contributed by atoms with Gasteiger partial charge in [-0.15, -0.1) is 0 Å². The maximum Gasteiger partial charge on any atom is 0.253 e. The Bertz CT molecular complexity index is 1020. The number of rotatable bonds is 9. The number of nitrogens with zero attached hydrogens (tertiary/aromatic N) is 1. The fourth-order valence-corrected chi connectivity index (χ4v) is 4.14. The lowest BCUT2D eigenvalue weighted by Gasteiger charge is -2.28. The number of carbonyl (C=O) groups is 2. The zero-order valence-electron chi connectivity index (χ0n) is 18.4. The summed E-state index contributed by atoms with van der Waals surface area (Å²) in [5.74, 6) is -0.311. The van der Waals surface area contributed by atoms with Gasteiger partial charge < -0.3 is 15.4 Å². The van der Waals surface area contributed by atoms with E-state index in [0.29, 0.717) is 22.7 Å². The summed E-state index contributed by atoms with van der Waals surface area (Å²) >= 11 is 0. The third-order valence-electron chi connectivity index (χ3n) is 4.83. The molecule has 0 heterocycles. The summed E-state index contributed by atoms with van der Waals surface area (Å²) in [5.41, 5.74) is 0.941. The predicted octanol–water partition coefficient (Wildman–Crippen LogP) is 3.02. The van der Waals surface area contributed by atoms with Gasteiger partial charge in [0.05, 0.1) is 30.3 Å². The molecule has 9 heteroatoms. The van der Waals surface area contributed by atoms with Crippen LogP contribution in [0.5, 0.6) is 5.75 Å². The van der Waals surface area contributed by atoms with E-state index < -0.39 is 22.0 Å². The minimum atomic E-state index is -3.77. The van der Waals surface area contributed by atoms with Gasteiger partial charge in [0.25, 0.3) is 5.91 Å². The van der Waals surface area contributed by atoms with Gasteiger partial charge in [0, 0.05) is 6.04 Å². The molecule has 2 amide bonds. The number of methoxy groups -OCH3 is 1. The zero-order chi connectivity index (χ0) is 23.2. The quantitative estimate of drug-likeness (QED) is 0.615. The van der Waals surface area contributed by atoms with Crippen LogP contribution >= 0.6 is 0 Å². The fraction of sp³-hybridized carbons (Fsp3) is 0.364. The molecular weight excluding hydrogens is 418 g/mol. The van der Waals surface area contributed by atoms with Crippen LogP contribution in [-0.4, -0.2) is 45.7 Å². The Labute approximate surface area is 183 Å². The number of benzene rings is 2. The first kappa shape index (κ1) is 24.2. The van der Waals surface area contributed by atoms with Crippen LogP contribution in [0, 0.1) is 0 Å². The SMILES string of the molecule is CCC(C)NC(=O)c1ccccc1NC(=O)C(C)N(c1ccc(OC)cc1)S(C)(=O)=O. The van der Waals surface area contributed by atoms with Gasteiger partial charge >= 0.3 is 0 Å². The Morgan fingerprint density at radius 1 is 1.06 bits per heavy atom. The highest BCUT2D eigenvalue weighted by Crippen LogP contribution is 2.25. The molecule has 2 N–H and O–H groups in total. The van der Waals surface area contributed by atoms with Crippen molar-refractivity contribution in [2.75, 3.05) is 23.0 Å². The van der Waals surface area contributed by atoms with E-state index in [0.717, 1.165) is 17.0 Å². The molecule has 0 bridgehead atoms. The number of sulfonamides is 1. The maximum atomic E-state index is 13.0. The Morgan fingerprint density at radius 2 is 1.68 bits per heavy atom. The van der Waals surface area contributed by atoms with Crippen molar-refractivity contribution in [1.82, 2.24) is 5.32 Å². The number of anilines is 2. The van der Waals surface area contributed by atoms with Gasteiger partial charge in [-0.05, 0) is 56.7 Å². The van der Waals surface area contributed by atoms with Crippen molar-refractivity contribution < 1.29 is 22.7 Å². The van der Waals surface area contributed by atoms with Crippen LogP contribution in [0.1, 0.15) is 37.6 Å². The summed E-state index contributed by atoms with van der Waals surface area (Å²) < 4.78 is 31.1. The Morgan fingerprint density at radius 3 is 2.23 bits per heavy atom. The lowest BCUT2D eigenvalue weighted by atomic mass is 10.1. The molecule has 0 aromatic heterocycles. The first-order valence-electron chi connectivity index (χ1n) is 9.92. The summed E-state index contributed by atoms with van der Waals surface area (Å²) in [4.78, 5) is 25.6.